The Morgan fingerprint density at radius 3 is 2.69 bits per heavy atom. The van der Waals surface area contributed by atoms with Crippen molar-refractivity contribution in [1.82, 2.24) is 10.2 Å². The van der Waals surface area contributed by atoms with Crippen LogP contribution in [0.4, 0.5) is 0 Å². The first-order chi connectivity index (χ1) is 7.74. The van der Waals surface area contributed by atoms with E-state index in [1.54, 1.807) is 0 Å². The number of carbonyl (C=O) groups excluding carboxylic acids is 1. The minimum atomic E-state index is 0.143. The minimum Gasteiger partial charge on any atom is -0.336 e. The van der Waals surface area contributed by atoms with E-state index >= 15 is 0 Å². The molecular formula is C13H18N2O. The van der Waals surface area contributed by atoms with E-state index in [2.05, 4.69) is 12.2 Å². The van der Waals surface area contributed by atoms with Crippen molar-refractivity contribution in [2.24, 2.45) is 0 Å². The third-order valence-corrected chi connectivity index (χ3v) is 3.26. The van der Waals surface area contributed by atoms with Crippen molar-refractivity contribution in [1.29, 1.82) is 0 Å². The number of hydrogen-bond donors (Lipinski definition) is 1. The van der Waals surface area contributed by atoms with E-state index in [1.165, 1.54) is 0 Å². The summed E-state index contributed by atoms with van der Waals surface area (Å²) in [5, 5.41) is 3.18. The molecule has 16 heavy (non-hydrogen) atoms. The molecule has 86 valence electrons. The molecule has 0 aliphatic carbocycles. The molecule has 1 aliphatic heterocycles. The highest BCUT2D eigenvalue weighted by Crippen LogP contribution is 2.14. The Bertz CT molecular complexity index is 385. The van der Waals surface area contributed by atoms with Gasteiger partial charge >= 0.3 is 0 Å². The van der Waals surface area contributed by atoms with Crippen molar-refractivity contribution in [2.45, 2.75) is 19.4 Å². The van der Waals surface area contributed by atoms with E-state index in [4.69, 9.17) is 0 Å². The largest absolute Gasteiger partial charge is 0.336 e. The van der Waals surface area contributed by atoms with Crippen molar-refractivity contribution in [3.05, 3.63) is 35.4 Å². The standard InChI is InChI=1S/C13H18N2O/c1-3-10-6-4-5-7-12(10)13(16)15(2)11-8-14-9-11/h4-7,11,14H,3,8-9H2,1-2H3. The van der Waals surface area contributed by atoms with Crippen LogP contribution in [0.5, 0.6) is 0 Å². The van der Waals surface area contributed by atoms with Crippen LogP contribution in [-0.2, 0) is 6.42 Å². The molecule has 3 nitrogen and oxygen atoms in total. The molecule has 1 aliphatic rings. The Labute approximate surface area is 96.5 Å². The number of carbonyl (C=O) groups is 1. The quantitative estimate of drug-likeness (QED) is 0.829. The fourth-order valence-electron chi connectivity index (χ4n) is 1.94. The maximum Gasteiger partial charge on any atom is 0.254 e. The molecule has 1 fully saturated rings. The van der Waals surface area contributed by atoms with Gasteiger partial charge in [0.15, 0.2) is 0 Å². The molecule has 0 aromatic heterocycles. The van der Waals surface area contributed by atoms with Gasteiger partial charge in [0.05, 0.1) is 6.04 Å². The van der Waals surface area contributed by atoms with Gasteiger partial charge in [-0.2, -0.15) is 0 Å². The average molecular weight is 218 g/mol. The zero-order chi connectivity index (χ0) is 11.5. The molecule has 1 amide bonds. The molecular weight excluding hydrogens is 200 g/mol. The number of nitrogens with one attached hydrogen (secondary N) is 1. The average Bonchev–Trinajstić information content (AvgIpc) is 2.25. The van der Waals surface area contributed by atoms with E-state index in [1.807, 2.05) is 36.2 Å². The lowest BCUT2D eigenvalue weighted by molar-refractivity contribution is 0.0680. The highest BCUT2D eigenvalue weighted by molar-refractivity contribution is 5.95. The molecule has 3 heteroatoms. The van der Waals surface area contributed by atoms with Crippen LogP contribution in [0.15, 0.2) is 24.3 Å². The smallest absolute Gasteiger partial charge is 0.254 e. The summed E-state index contributed by atoms with van der Waals surface area (Å²) in [5.41, 5.74) is 1.98. The molecule has 1 aromatic rings. The van der Waals surface area contributed by atoms with E-state index in [0.717, 1.165) is 30.6 Å². The van der Waals surface area contributed by atoms with Gasteiger partial charge in [-0.05, 0) is 18.1 Å². The molecule has 0 unspecified atom stereocenters. The fourth-order valence-corrected chi connectivity index (χ4v) is 1.94. The van der Waals surface area contributed by atoms with Crippen LogP contribution in [0.2, 0.25) is 0 Å². The molecule has 0 saturated carbocycles. The van der Waals surface area contributed by atoms with Crippen LogP contribution in [0.25, 0.3) is 0 Å². The zero-order valence-corrected chi connectivity index (χ0v) is 9.86. The van der Waals surface area contributed by atoms with Crippen LogP contribution >= 0.6 is 0 Å². The molecule has 1 saturated heterocycles. The molecule has 2 rings (SSSR count). The van der Waals surface area contributed by atoms with E-state index in [-0.39, 0.29) is 5.91 Å². The van der Waals surface area contributed by atoms with Crippen molar-refractivity contribution in [2.75, 3.05) is 20.1 Å². The predicted octanol–water partition coefficient (Wildman–Crippen LogP) is 1.29. The summed E-state index contributed by atoms with van der Waals surface area (Å²) in [6.45, 7) is 3.91. The SMILES string of the molecule is CCc1ccccc1C(=O)N(C)C1CNC1. The topological polar surface area (TPSA) is 32.3 Å². The van der Waals surface area contributed by atoms with Gasteiger partial charge in [-0.25, -0.2) is 0 Å². The molecule has 1 N–H and O–H groups in total. The van der Waals surface area contributed by atoms with Crippen molar-refractivity contribution in [3.63, 3.8) is 0 Å². The normalized spacial score (nSPS) is 15.6. The lowest BCUT2D eigenvalue weighted by Crippen LogP contribution is -2.57. The van der Waals surface area contributed by atoms with Gasteiger partial charge < -0.3 is 10.2 Å². The second kappa shape index (κ2) is 4.66. The molecule has 0 spiro atoms. The van der Waals surface area contributed by atoms with Gasteiger partial charge in [-0.15, -0.1) is 0 Å². The highest BCUT2D eigenvalue weighted by atomic mass is 16.2. The van der Waals surface area contributed by atoms with Crippen LogP contribution < -0.4 is 5.32 Å². The number of benzene rings is 1. The van der Waals surface area contributed by atoms with Crippen molar-refractivity contribution < 1.29 is 4.79 Å². The summed E-state index contributed by atoms with van der Waals surface area (Å²) in [6.07, 6.45) is 0.901. The van der Waals surface area contributed by atoms with Crippen molar-refractivity contribution >= 4 is 5.91 Å². The molecule has 0 bridgehead atoms. The monoisotopic (exact) mass is 218 g/mol. The number of rotatable bonds is 3. The fraction of sp³-hybridized carbons (Fsp3) is 0.462. The molecule has 1 aromatic carbocycles. The summed E-state index contributed by atoms with van der Waals surface area (Å²) >= 11 is 0. The Morgan fingerprint density at radius 1 is 1.44 bits per heavy atom. The predicted molar refractivity (Wildman–Crippen MR) is 64.6 cm³/mol. The summed E-state index contributed by atoms with van der Waals surface area (Å²) in [6, 6.07) is 8.22. The molecule has 1 heterocycles. The van der Waals surface area contributed by atoms with Crippen LogP contribution in [0, 0.1) is 0 Å². The van der Waals surface area contributed by atoms with Gasteiger partial charge in [0.1, 0.15) is 0 Å². The first kappa shape index (κ1) is 11.1. The molecule has 0 atom stereocenters. The highest BCUT2D eigenvalue weighted by Gasteiger charge is 2.26. The van der Waals surface area contributed by atoms with Crippen LogP contribution in [-0.4, -0.2) is 37.0 Å². The van der Waals surface area contributed by atoms with Gasteiger partial charge in [0, 0.05) is 25.7 Å². The van der Waals surface area contributed by atoms with Crippen molar-refractivity contribution in [3.8, 4) is 0 Å². The lowest BCUT2D eigenvalue weighted by atomic mass is 10.0. The van der Waals surface area contributed by atoms with Gasteiger partial charge in [-0.1, -0.05) is 25.1 Å². The Hall–Kier alpha value is -1.35. The molecule has 0 radical (unpaired) electrons. The van der Waals surface area contributed by atoms with Gasteiger partial charge in [-0.3, -0.25) is 4.79 Å². The third-order valence-electron chi connectivity index (χ3n) is 3.26. The third kappa shape index (κ3) is 1.95. The second-order valence-electron chi connectivity index (χ2n) is 4.24. The number of aryl methyl sites for hydroxylation is 1. The summed E-state index contributed by atoms with van der Waals surface area (Å²) in [7, 11) is 1.89. The summed E-state index contributed by atoms with van der Waals surface area (Å²) in [5.74, 6) is 0.143. The first-order valence-corrected chi connectivity index (χ1v) is 5.79. The lowest BCUT2D eigenvalue weighted by Gasteiger charge is -2.35. The summed E-state index contributed by atoms with van der Waals surface area (Å²) in [4.78, 5) is 14.1. The first-order valence-electron chi connectivity index (χ1n) is 5.79. The Balaban J connectivity index is 2.19. The number of hydrogen-bond acceptors (Lipinski definition) is 2. The van der Waals surface area contributed by atoms with Gasteiger partial charge in [0.2, 0.25) is 0 Å². The van der Waals surface area contributed by atoms with E-state index in [0.29, 0.717) is 6.04 Å². The van der Waals surface area contributed by atoms with Crippen LogP contribution in [0.1, 0.15) is 22.8 Å². The Morgan fingerprint density at radius 2 is 2.12 bits per heavy atom. The summed E-state index contributed by atoms with van der Waals surface area (Å²) < 4.78 is 0. The van der Waals surface area contributed by atoms with E-state index < -0.39 is 0 Å². The Kier molecular flexibility index (Phi) is 3.25. The minimum absolute atomic E-state index is 0.143. The second-order valence-corrected chi connectivity index (χ2v) is 4.24. The maximum atomic E-state index is 12.3. The van der Waals surface area contributed by atoms with Crippen LogP contribution in [0.3, 0.4) is 0 Å². The van der Waals surface area contributed by atoms with Gasteiger partial charge in [0.25, 0.3) is 5.91 Å². The number of likely N-dealkylation sites (N-methyl/N-ethyl adjacent to an activating group) is 1. The number of amides is 1. The maximum absolute atomic E-state index is 12.3. The number of nitrogens with zero attached hydrogens (tertiary/aromatic N) is 1. The zero-order valence-electron chi connectivity index (χ0n) is 9.86. The van der Waals surface area contributed by atoms with E-state index in [9.17, 15) is 4.79 Å².